The molecule has 4 heteroatoms. The zero-order chi connectivity index (χ0) is 15.1. The average Bonchev–Trinajstić information content (AvgIpc) is 2.89. The van der Waals surface area contributed by atoms with Crippen molar-refractivity contribution in [1.82, 2.24) is 9.97 Å². The molecule has 3 aromatic rings. The second-order valence-electron chi connectivity index (χ2n) is 5.60. The first-order valence-corrected chi connectivity index (χ1v) is 7.37. The highest BCUT2D eigenvalue weighted by Crippen LogP contribution is 2.32. The highest BCUT2D eigenvalue weighted by molar-refractivity contribution is 6.07. The molecular formula is C18H15N3O. The molecule has 0 bridgehead atoms. The second kappa shape index (κ2) is 4.91. The molecular weight excluding hydrogens is 274 g/mol. The van der Waals surface area contributed by atoms with E-state index in [2.05, 4.69) is 23.0 Å². The van der Waals surface area contributed by atoms with Crippen molar-refractivity contribution in [3.8, 4) is 0 Å². The molecule has 1 aliphatic heterocycles. The lowest BCUT2D eigenvalue weighted by molar-refractivity contribution is 0.0976. The van der Waals surface area contributed by atoms with Gasteiger partial charge in [-0.25, -0.2) is 4.98 Å². The summed E-state index contributed by atoms with van der Waals surface area (Å²) in [5, 5.41) is 0. The molecule has 0 N–H and O–H groups in total. The molecule has 0 saturated heterocycles. The van der Waals surface area contributed by atoms with Crippen LogP contribution in [0.2, 0.25) is 0 Å². The minimum Gasteiger partial charge on any atom is -0.304 e. The van der Waals surface area contributed by atoms with Crippen LogP contribution in [0.3, 0.4) is 0 Å². The average molecular weight is 289 g/mol. The van der Waals surface area contributed by atoms with Crippen molar-refractivity contribution in [3.05, 3.63) is 66.0 Å². The molecule has 4 rings (SSSR count). The fourth-order valence-corrected chi connectivity index (χ4v) is 3.06. The van der Waals surface area contributed by atoms with Gasteiger partial charge in [0, 0.05) is 11.7 Å². The first-order valence-electron chi connectivity index (χ1n) is 7.37. The van der Waals surface area contributed by atoms with Gasteiger partial charge in [0.25, 0.3) is 5.91 Å². The standard InChI is InChI=1S/C18H15N3O/c1-12-10-13-6-2-5-9-17(13)21(12)18(22)16-11-19-14-7-3-4-8-15(14)20-16/h2-9,11-12H,10H2,1H3. The summed E-state index contributed by atoms with van der Waals surface area (Å²) in [6.45, 7) is 2.06. The lowest BCUT2D eigenvalue weighted by Gasteiger charge is -2.22. The van der Waals surface area contributed by atoms with E-state index in [0.29, 0.717) is 5.69 Å². The van der Waals surface area contributed by atoms with Gasteiger partial charge in [0.1, 0.15) is 5.69 Å². The molecule has 0 fully saturated rings. The van der Waals surface area contributed by atoms with Gasteiger partial charge in [-0.1, -0.05) is 30.3 Å². The Bertz CT molecular complexity index is 875. The Hall–Kier alpha value is -2.75. The number of fused-ring (bicyclic) bond motifs is 2. The third-order valence-corrected chi connectivity index (χ3v) is 4.09. The maximum Gasteiger partial charge on any atom is 0.278 e. The molecule has 22 heavy (non-hydrogen) atoms. The van der Waals surface area contributed by atoms with E-state index < -0.39 is 0 Å². The van der Waals surface area contributed by atoms with Crippen LogP contribution in [0.1, 0.15) is 23.0 Å². The van der Waals surface area contributed by atoms with E-state index in [1.807, 2.05) is 47.4 Å². The lowest BCUT2D eigenvalue weighted by atomic mass is 10.1. The number of aromatic nitrogens is 2. The molecule has 0 spiro atoms. The van der Waals surface area contributed by atoms with E-state index in [-0.39, 0.29) is 11.9 Å². The Kier molecular flexibility index (Phi) is 2.89. The monoisotopic (exact) mass is 289 g/mol. The molecule has 0 aliphatic carbocycles. The van der Waals surface area contributed by atoms with Crippen LogP contribution in [0.5, 0.6) is 0 Å². The van der Waals surface area contributed by atoms with Crippen LogP contribution in [0.4, 0.5) is 5.69 Å². The largest absolute Gasteiger partial charge is 0.304 e. The number of benzene rings is 2. The summed E-state index contributed by atoms with van der Waals surface area (Å²) >= 11 is 0. The Morgan fingerprint density at radius 2 is 1.82 bits per heavy atom. The normalized spacial score (nSPS) is 16.8. The minimum atomic E-state index is -0.0873. The Morgan fingerprint density at radius 3 is 2.68 bits per heavy atom. The SMILES string of the molecule is CC1Cc2ccccc2N1C(=O)c1cnc2ccccc2n1. The van der Waals surface area contributed by atoms with Crippen LogP contribution < -0.4 is 4.90 Å². The molecule has 0 saturated carbocycles. The van der Waals surface area contributed by atoms with Gasteiger partial charge in [-0.05, 0) is 37.1 Å². The predicted molar refractivity (Wildman–Crippen MR) is 86.0 cm³/mol. The zero-order valence-corrected chi connectivity index (χ0v) is 12.2. The number of para-hydroxylation sites is 3. The van der Waals surface area contributed by atoms with Crippen molar-refractivity contribution >= 4 is 22.6 Å². The van der Waals surface area contributed by atoms with Crippen LogP contribution in [-0.4, -0.2) is 21.9 Å². The Morgan fingerprint density at radius 1 is 1.09 bits per heavy atom. The smallest absolute Gasteiger partial charge is 0.278 e. The molecule has 1 unspecified atom stereocenters. The van der Waals surface area contributed by atoms with Crippen LogP contribution in [0, 0.1) is 0 Å². The third kappa shape index (κ3) is 1.96. The molecule has 1 atom stereocenters. The fraction of sp³-hybridized carbons (Fsp3) is 0.167. The van der Waals surface area contributed by atoms with Gasteiger partial charge >= 0.3 is 0 Å². The molecule has 0 radical (unpaired) electrons. The summed E-state index contributed by atoms with van der Waals surface area (Å²) in [5.41, 5.74) is 4.12. The summed E-state index contributed by atoms with van der Waals surface area (Å²) in [5.74, 6) is -0.0873. The Balaban J connectivity index is 1.77. The molecule has 1 aromatic heterocycles. The van der Waals surface area contributed by atoms with Gasteiger partial charge in [-0.15, -0.1) is 0 Å². The van der Waals surface area contributed by atoms with Crippen LogP contribution >= 0.6 is 0 Å². The number of rotatable bonds is 1. The second-order valence-corrected chi connectivity index (χ2v) is 5.60. The number of carbonyl (C=O) groups excluding carboxylic acids is 1. The van der Waals surface area contributed by atoms with Crippen molar-refractivity contribution in [2.45, 2.75) is 19.4 Å². The van der Waals surface area contributed by atoms with Crippen molar-refractivity contribution in [1.29, 1.82) is 0 Å². The molecule has 2 heterocycles. The number of anilines is 1. The molecule has 2 aromatic carbocycles. The number of carbonyl (C=O) groups is 1. The summed E-state index contributed by atoms with van der Waals surface area (Å²) in [4.78, 5) is 23.5. The van der Waals surface area contributed by atoms with E-state index in [9.17, 15) is 4.79 Å². The van der Waals surface area contributed by atoms with E-state index in [1.54, 1.807) is 6.20 Å². The topological polar surface area (TPSA) is 46.1 Å². The molecule has 4 nitrogen and oxygen atoms in total. The minimum absolute atomic E-state index is 0.0873. The van der Waals surface area contributed by atoms with Gasteiger partial charge in [0.05, 0.1) is 17.2 Å². The highest BCUT2D eigenvalue weighted by atomic mass is 16.2. The van der Waals surface area contributed by atoms with Gasteiger partial charge in [-0.3, -0.25) is 9.78 Å². The van der Waals surface area contributed by atoms with Crippen molar-refractivity contribution in [2.75, 3.05) is 4.90 Å². The zero-order valence-electron chi connectivity index (χ0n) is 12.2. The maximum atomic E-state index is 12.9. The summed E-state index contributed by atoms with van der Waals surface area (Å²) in [6, 6.07) is 15.8. The molecule has 1 amide bonds. The van der Waals surface area contributed by atoms with Gasteiger partial charge in [0.15, 0.2) is 0 Å². The van der Waals surface area contributed by atoms with E-state index in [4.69, 9.17) is 0 Å². The van der Waals surface area contributed by atoms with Gasteiger partial charge in [-0.2, -0.15) is 0 Å². The molecule has 108 valence electrons. The number of hydrogen-bond acceptors (Lipinski definition) is 3. The maximum absolute atomic E-state index is 12.9. The summed E-state index contributed by atoms with van der Waals surface area (Å²) < 4.78 is 0. The first-order chi connectivity index (χ1) is 10.7. The van der Waals surface area contributed by atoms with Crippen LogP contribution in [-0.2, 0) is 6.42 Å². The summed E-state index contributed by atoms with van der Waals surface area (Å²) in [7, 11) is 0. The Labute approximate surface area is 128 Å². The van der Waals surface area contributed by atoms with E-state index >= 15 is 0 Å². The number of hydrogen-bond donors (Lipinski definition) is 0. The quantitative estimate of drug-likeness (QED) is 0.691. The van der Waals surface area contributed by atoms with E-state index in [1.165, 1.54) is 5.56 Å². The van der Waals surface area contributed by atoms with Gasteiger partial charge in [0.2, 0.25) is 0 Å². The third-order valence-electron chi connectivity index (χ3n) is 4.09. The van der Waals surface area contributed by atoms with Crippen molar-refractivity contribution in [3.63, 3.8) is 0 Å². The lowest BCUT2D eigenvalue weighted by Crippen LogP contribution is -2.36. The predicted octanol–water partition coefficient (Wildman–Crippen LogP) is 3.22. The van der Waals surface area contributed by atoms with Crippen molar-refractivity contribution < 1.29 is 4.79 Å². The van der Waals surface area contributed by atoms with Crippen molar-refractivity contribution in [2.24, 2.45) is 0 Å². The summed E-state index contributed by atoms with van der Waals surface area (Å²) in [6.07, 6.45) is 2.45. The van der Waals surface area contributed by atoms with Crippen LogP contribution in [0.15, 0.2) is 54.7 Å². The number of amides is 1. The van der Waals surface area contributed by atoms with Gasteiger partial charge < -0.3 is 4.90 Å². The fourth-order valence-electron chi connectivity index (χ4n) is 3.06. The van der Waals surface area contributed by atoms with Crippen LogP contribution in [0.25, 0.3) is 11.0 Å². The molecule has 1 aliphatic rings. The van der Waals surface area contributed by atoms with E-state index in [0.717, 1.165) is 23.1 Å². The first kappa shape index (κ1) is 13.0. The number of nitrogens with zero attached hydrogens (tertiary/aromatic N) is 3. The highest BCUT2D eigenvalue weighted by Gasteiger charge is 2.32.